The second-order valence-corrected chi connectivity index (χ2v) is 6.86. The van der Waals surface area contributed by atoms with E-state index in [1.807, 2.05) is 18.2 Å². The summed E-state index contributed by atoms with van der Waals surface area (Å²) in [6.07, 6.45) is 0. The van der Waals surface area contributed by atoms with Crippen molar-refractivity contribution in [2.75, 3.05) is 0 Å². The van der Waals surface area contributed by atoms with Crippen LogP contribution in [0, 0.1) is 0 Å². The minimum atomic E-state index is -0.203. The molecule has 1 aliphatic heterocycles. The SMILES string of the molecule is C[C@]1(c2ccc(Br)cc2)NN=C(c2ccccc2)S1. The standard InChI is InChI=1S/C15H13BrN2S/c1-15(12-7-9-13(16)10-8-12)18-17-14(19-15)11-5-3-2-4-6-11/h2-10,18H,1H3/t15-/m0/s1. The number of nitrogens with zero attached hydrogens (tertiary/aromatic N) is 1. The third-order valence-corrected chi connectivity index (χ3v) is 4.87. The molecule has 1 N–H and O–H groups in total. The molecule has 0 radical (unpaired) electrons. The first-order valence-electron chi connectivity index (χ1n) is 6.03. The first-order valence-corrected chi connectivity index (χ1v) is 7.64. The number of nitrogens with one attached hydrogen (secondary N) is 1. The van der Waals surface area contributed by atoms with Gasteiger partial charge in [0.25, 0.3) is 0 Å². The van der Waals surface area contributed by atoms with Gasteiger partial charge in [0.05, 0.1) is 0 Å². The molecular formula is C15H13BrN2S. The molecule has 2 aromatic rings. The zero-order chi connectivity index (χ0) is 13.3. The van der Waals surface area contributed by atoms with Gasteiger partial charge >= 0.3 is 0 Å². The highest BCUT2D eigenvalue weighted by molar-refractivity contribution is 9.10. The van der Waals surface area contributed by atoms with Crippen molar-refractivity contribution < 1.29 is 0 Å². The maximum absolute atomic E-state index is 4.48. The van der Waals surface area contributed by atoms with Gasteiger partial charge in [0.15, 0.2) is 0 Å². The Morgan fingerprint density at radius 2 is 1.74 bits per heavy atom. The van der Waals surface area contributed by atoms with Gasteiger partial charge < -0.3 is 0 Å². The summed E-state index contributed by atoms with van der Waals surface area (Å²) < 4.78 is 1.09. The van der Waals surface area contributed by atoms with Gasteiger partial charge in [-0.3, -0.25) is 5.43 Å². The summed E-state index contributed by atoms with van der Waals surface area (Å²) in [5.41, 5.74) is 5.62. The van der Waals surface area contributed by atoms with Crippen molar-refractivity contribution in [3.05, 3.63) is 70.2 Å². The molecule has 0 saturated heterocycles. The van der Waals surface area contributed by atoms with Crippen molar-refractivity contribution in [2.45, 2.75) is 11.8 Å². The predicted octanol–water partition coefficient (Wildman–Crippen LogP) is 4.32. The van der Waals surface area contributed by atoms with Crippen molar-refractivity contribution in [2.24, 2.45) is 5.10 Å². The van der Waals surface area contributed by atoms with Crippen LogP contribution in [-0.4, -0.2) is 5.04 Å². The molecule has 2 aromatic carbocycles. The Morgan fingerprint density at radius 1 is 1.05 bits per heavy atom. The Morgan fingerprint density at radius 3 is 2.42 bits per heavy atom. The van der Waals surface area contributed by atoms with Crippen molar-refractivity contribution in [3.63, 3.8) is 0 Å². The summed E-state index contributed by atoms with van der Waals surface area (Å²) in [6, 6.07) is 18.6. The van der Waals surface area contributed by atoms with E-state index in [4.69, 9.17) is 0 Å². The summed E-state index contributed by atoms with van der Waals surface area (Å²) in [7, 11) is 0. The summed E-state index contributed by atoms with van der Waals surface area (Å²) in [4.78, 5) is -0.203. The maximum Gasteiger partial charge on any atom is 0.128 e. The molecule has 0 unspecified atom stereocenters. The highest BCUT2D eigenvalue weighted by Gasteiger charge is 2.34. The third-order valence-electron chi connectivity index (χ3n) is 3.09. The van der Waals surface area contributed by atoms with Crippen LogP contribution in [0.15, 0.2) is 64.2 Å². The molecule has 0 aromatic heterocycles. The van der Waals surface area contributed by atoms with E-state index in [9.17, 15) is 0 Å². The van der Waals surface area contributed by atoms with E-state index in [1.165, 1.54) is 5.56 Å². The summed E-state index contributed by atoms with van der Waals surface area (Å²) in [5, 5.41) is 5.51. The highest BCUT2D eigenvalue weighted by atomic mass is 79.9. The van der Waals surface area contributed by atoms with Crippen LogP contribution in [0.1, 0.15) is 18.1 Å². The van der Waals surface area contributed by atoms with Crippen LogP contribution in [0.3, 0.4) is 0 Å². The lowest BCUT2D eigenvalue weighted by atomic mass is 10.1. The van der Waals surface area contributed by atoms with Gasteiger partial charge in [0, 0.05) is 10.0 Å². The minimum absolute atomic E-state index is 0.203. The summed E-state index contributed by atoms with van der Waals surface area (Å²) in [5.74, 6) is 0. The highest BCUT2D eigenvalue weighted by Crippen LogP contribution is 2.40. The quantitative estimate of drug-likeness (QED) is 0.885. The topological polar surface area (TPSA) is 24.4 Å². The molecule has 96 valence electrons. The average molecular weight is 333 g/mol. The Hall–Kier alpha value is -1.26. The normalized spacial score (nSPS) is 21.9. The summed E-state index contributed by atoms with van der Waals surface area (Å²) >= 11 is 5.21. The van der Waals surface area contributed by atoms with Gasteiger partial charge in [0.1, 0.15) is 9.91 Å². The lowest BCUT2D eigenvalue weighted by Gasteiger charge is -2.23. The molecule has 2 nitrogen and oxygen atoms in total. The molecular weight excluding hydrogens is 320 g/mol. The average Bonchev–Trinajstić information content (AvgIpc) is 2.84. The molecule has 0 fully saturated rings. The van der Waals surface area contributed by atoms with Gasteiger partial charge in [0.2, 0.25) is 0 Å². The Kier molecular flexibility index (Phi) is 3.37. The number of halogens is 1. The van der Waals surface area contributed by atoms with E-state index >= 15 is 0 Å². The van der Waals surface area contributed by atoms with Crippen LogP contribution in [0.25, 0.3) is 0 Å². The summed E-state index contributed by atoms with van der Waals surface area (Å²) in [6.45, 7) is 2.15. The number of rotatable bonds is 2. The second-order valence-electron chi connectivity index (χ2n) is 4.54. The van der Waals surface area contributed by atoms with Crippen LogP contribution in [0.4, 0.5) is 0 Å². The van der Waals surface area contributed by atoms with E-state index in [2.05, 4.69) is 69.8 Å². The maximum atomic E-state index is 4.48. The number of hydrogen-bond donors (Lipinski definition) is 1. The molecule has 0 amide bonds. The molecule has 1 atom stereocenters. The van der Waals surface area contributed by atoms with Crippen molar-refractivity contribution in [1.29, 1.82) is 0 Å². The third kappa shape index (κ3) is 2.55. The number of benzene rings is 2. The molecule has 0 bridgehead atoms. The Bertz CT molecular complexity index is 610. The number of hydrogen-bond acceptors (Lipinski definition) is 3. The fraction of sp³-hybridized carbons (Fsp3) is 0.133. The lowest BCUT2D eigenvalue weighted by molar-refractivity contribution is 0.563. The van der Waals surface area contributed by atoms with Crippen molar-refractivity contribution in [3.8, 4) is 0 Å². The van der Waals surface area contributed by atoms with E-state index in [0.717, 1.165) is 15.1 Å². The van der Waals surface area contributed by atoms with Crippen LogP contribution in [0.5, 0.6) is 0 Å². The van der Waals surface area contributed by atoms with Crippen LogP contribution < -0.4 is 5.43 Å². The van der Waals surface area contributed by atoms with E-state index in [-0.39, 0.29) is 4.87 Å². The van der Waals surface area contributed by atoms with Crippen molar-refractivity contribution in [1.82, 2.24) is 5.43 Å². The fourth-order valence-electron chi connectivity index (χ4n) is 1.99. The first-order chi connectivity index (χ1) is 9.17. The minimum Gasteiger partial charge on any atom is -0.288 e. The van der Waals surface area contributed by atoms with E-state index in [0.29, 0.717) is 0 Å². The second kappa shape index (κ2) is 5.02. The van der Waals surface area contributed by atoms with Gasteiger partial charge in [-0.1, -0.05) is 70.2 Å². The first kappa shape index (κ1) is 12.8. The molecule has 0 spiro atoms. The van der Waals surface area contributed by atoms with Gasteiger partial charge in [-0.15, -0.1) is 0 Å². The number of thioether (sulfide) groups is 1. The number of hydrazone groups is 1. The van der Waals surface area contributed by atoms with Crippen LogP contribution in [-0.2, 0) is 4.87 Å². The van der Waals surface area contributed by atoms with Gasteiger partial charge in [-0.25, -0.2) is 0 Å². The molecule has 3 rings (SSSR count). The molecule has 4 heteroatoms. The zero-order valence-corrected chi connectivity index (χ0v) is 12.8. The molecule has 1 heterocycles. The van der Waals surface area contributed by atoms with Gasteiger partial charge in [-0.05, 0) is 24.6 Å². The predicted molar refractivity (Wildman–Crippen MR) is 85.2 cm³/mol. The Labute approximate surface area is 125 Å². The van der Waals surface area contributed by atoms with Crippen molar-refractivity contribution >= 4 is 32.7 Å². The zero-order valence-electron chi connectivity index (χ0n) is 10.4. The van der Waals surface area contributed by atoms with E-state index < -0.39 is 0 Å². The fourth-order valence-corrected chi connectivity index (χ4v) is 3.33. The Balaban J connectivity index is 1.85. The molecule has 19 heavy (non-hydrogen) atoms. The lowest BCUT2D eigenvalue weighted by Crippen LogP contribution is -2.28. The van der Waals surface area contributed by atoms with Crippen LogP contribution in [0.2, 0.25) is 0 Å². The van der Waals surface area contributed by atoms with E-state index in [1.54, 1.807) is 11.8 Å². The van der Waals surface area contributed by atoms with Crippen LogP contribution >= 0.6 is 27.7 Å². The largest absolute Gasteiger partial charge is 0.288 e. The molecule has 1 aliphatic rings. The molecule has 0 saturated carbocycles. The smallest absolute Gasteiger partial charge is 0.128 e. The monoisotopic (exact) mass is 332 g/mol. The van der Waals surface area contributed by atoms with Gasteiger partial charge in [-0.2, -0.15) is 5.10 Å². The molecule has 0 aliphatic carbocycles.